The largest absolute Gasteiger partial charge is 0.573 e. The highest BCUT2D eigenvalue weighted by Gasteiger charge is 2.31. The zero-order valence-corrected chi connectivity index (χ0v) is 17.1. The van der Waals surface area contributed by atoms with E-state index in [1.165, 1.54) is 42.7 Å². The molecule has 3 rings (SSSR count). The molecule has 0 radical (unpaired) electrons. The van der Waals surface area contributed by atoms with E-state index in [0.717, 1.165) is 31.2 Å². The Kier molecular flexibility index (Phi) is 7.02. The summed E-state index contributed by atoms with van der Waals surface area (Å²) < 4.78 is 45.4. The number of thiophene rings is 1. The fourth-order valence-corrected chi connectivity index (χ4v) is 4.38. The van der Waals surface area contributed by atoms with E-state index in [2.05, 4.69) is 10.1 Å². The van der Waals surface area contributed by atoms with E-state index in [9.17, 15) is 22.8 Å². The maximum atomic E-state index is 12.4. The van der Waals surface area contributed by atoms with Crippen LogP contribution in [0.1, 0.15) is 35.4 Å². The lowest BCUT2D eigenvalue weighted by molar-refractivity contribution is -0.274. The first-order valence-corrected chi connectivity index (χ1v) is 10.4. The average Bonchev–Trinajstić information content (AvgIpc) is 3.21. The molecule has 1 saturated carbocycles. The second kappa shape index (κ2) is 9.51. The van der Waals surface area contributed by atoms with Gasteiger partial charge in [0.2, 0.25) is 0 Å². The number of rotatable bonds is 6. The number of carbonyl (C=O) groups is 2. The summed E-state index contributed by atoms with van der Waals surface area (Å²) >= 11 is 1.28. The summed E-state index contributed by atoms with van der Waals surface area (Å²) in [5.41, 5.74) is 1.45. The lowest BCUT2D eigenvalue weighted by Gasteiger charge is -2.26. The number of nitrogens with one attached hydrogen (secondary N) is 1. The molecule has 0 unspecified atom stereocenters. The minimum atomic E-state index is -4.73. The predicted octanol–water partition coefficient (Wildman–Crippen LogP) is 5.02. The van der Waals surface area contributed by atoms with Crippen LogP contribution in [-0.4, -0.2) is 31.9 Å². The SMILES string of the molecule is COC(=O)C1CCC(CNC(=O)c2cc(-c3ccc(OC(F)(F)F)cc3)cs2)CC1. The monoisotopic (exact) mass is 441 g/mol. The molecule has 0 saturated heterocycles. The number of hydrogen-bond donors (Lipinski definition) is 1. The van der Waals surface area contributed by atoms with Crippen molar-refractivity contribution in [3.8, 4) is 16.9 Å². The number of hydrogen-bond acceptors (Lipinski definition) is 5. The number of methoxy groups -OCH3 is 1. The van der Waals surface area contributed by atoms with Crippen LogP contribution in [0.15, 0.2) is 35.7 Å². The fraction of sp³-hybridized carbons (Fsp3) is 0.429. The number of amides is 1. The van der Waals surface area contributed by atoms with E-state index in [1.54, 1.807) is 11.4 Å². The highest BCUT2D eigenvalue weighted by molar-refractivity contribution is 7.12. The van der Waals surface area contributed by atoms with Crippen LogP contribution in [0.2, 0.25) is 0 Å². The van der Waals surface area contributed by atoms with Crippen molar-refractivity contribution in [3.05, 3.63) is 40.6 Å². The molecule has 1 aromatic carbocycles. The smallest absolute Gasteiger partial charge is 0.469 e. The van der Waals surface area contributed by atoms with E-state index in [-0.39, 0.29) is 23.5 Å². The number of alkyl halides is 3. The average molecular weight is 441 g/mol. The minimum Gasteiger partial charge on any atom is -0.469 e. The lowest BCUT2D eigenvalue weighted by Crippen LogP contribution is -2.32. The molecule has 0 aliphatic heterocycles. The van der Waals surface area contributed by atoms with Gasteiger partial charge in [-0.3, -0.25) is 9.59 Å². The molecule has 1 aromatic heterocycles. The first-order valence-electron chi connectivity index (χ1n) is 9.56. The summed E-state index contributed by atoms with van der Waals surface area (Å²) in [6.45, 7) is 0.545. The molecule has 1 aliphatic carbocycles. The second-order valence-corrected chi connectivity index (χ2v) is 8.13. The summed E-state index contributed by atoms with van der Waals surface area (Å²) in [6.07, 6.45) is -1.47. The van der Waals surface area contributed by atoms with Crippen LogP contribution in [-0.2, 0) is 9.53 Å². The Balaban J connectivity index is 1.51. The molecule has 9 heteroatoms. The molecule has 1 heterocycles. The van der Waals surface area contributed by atoms with E-state index < -0.39 is 6.36 Å². The quantitative estimate of drug-likeness (QED) is 0.639. The van der Waals surface area contributed by atoms with Gasteiger partial charge in [-0.2, -0.15) is 0 Å². The van der Waals surface area contributed by atoms with Crippen LogP contribution in [0.3, 0.4) is 0 Å². The van der Waals surface area contributed by atoms with Gasteiger partial charge in [-0.25, -0.2) is 0 Å². The van der Waals surface area contributed by atoms with Crippen molar-refractivity contribution >= 4 is 23.2 Å². The summed E-state index contributed by atoms with van der Waals surface area (Å²) in [5, 5.41) is 4.72. The van der Waals surface area contributed by atoms with Gasteiger partial charge in [0.15, 0.2) is 0 Å². The number of benzene rings is 1. The standard InChI is InChI=1S/C21H22F3NO4S/c1-28-20(27)15-4-2-13(3-5-15)11-25-19(26)18-10-16(12-30-18)14-6-8-17(9-7-14)29-21(22,23)24/h6-10,12-13,15H,2-5,11H2,1H3,(H,25,26). The summed E-state index contributed by atoms with van der Waals surface area (Å²) in [5.74, 6) is -0.355. The first kappa shape index (κ1) is 22.1. The molecule has 0 atom stereocenters. The molecule has 2 aromatic rings. The topological polar surface area (TPSA) is 64.6 Å². The van der Waals surface area contributed by atoms with Crippen LogP contribution in [0.5, 0.6) is 5.75 Å². The van der Waals surface area contributed by atoms with E-state index >= 15 is 0 Å². The summed E-state index contributed by atoms with van der Waals surface area (Å²) in [4.78, 5) is 24.5. The Hall–Kier alpha value is -2.55. The van der Waals surface area contributed by atoms with Crippen molar-refractivity contribution in [1.29, 1.82) is 0 Å². The minimum absolute atomic E-state index is 0.0466. The zero-order valence-electron chi connectivity index (χ0n) is 16.3. The van der Waals surface area contributed by atoms with Gasteiger partial charge in [-0.1, -0.05) is 12.1 Å². The van der Waals surface area contributed by atoms with E-state index in [4.69, 9.17) is 4.74 Å². The maximum Gasteiger partial charge on any atom is 0.573 e. The Morgan fingerprint density at radius 2 is 1.77 bits per heavy atom. The van der Waals surface area contributed by atoms with Crippen LogP contribution in [0.25, 0.3) is 11.1 Å². The number of esters is 1. The summed E-state index contributed by atoms with van der Waals surface area (Å²) in [6, 6.07) is 7.23. The third-order valence-corrected chi connectivity index (χ3v) is 6.11. The highest BCUT2D eigenvalue weighted by atomic mass is 32.1. The Morgan fingerprint density at radius 1 is 1.10 bits per heavy atom. The Morgan fingerprint density at radius 3 is 2.37 bits per heavy atom. The molecule has 1 amide bonds. The van der Waals surface area contributed by atoms with Gasteiger partial charge in [0.05, 0.1) is 17.9 Å². The second-order valence-electron chi connectivity index (χ2n) is 7.22. The Labute approximate surface area is 176 Å². The van der Waals surface area contributed by atoms with Crippen LogP contribution < -0.4 is 10.1 Å². The van der Waals surface area contributed by atoms with Gasteiger partial charge < -0.3 is 14.8 Å². The zero-order chi connectivity index (χ0) is 21.7. The highest BCUT2D eigenvalue weighted by Crippen LogP contribution is 2.31. The van der Waals surface area contributed by atoms with Gasteiger partial charge in [-0.15, -0.1) is 24.5 Å². The van der Waals surface area contributed by atoms with Crippen molar-refractivity contribution in [2.75, 3.05) is 13.7 Å². The molecule has 5 nitrogen and oxygen atoms in total. The van der Waals surface area contributed by atoms with Crippen molar-refractivity contribution in [2.45, 2.75) is 32.0 Å². The van der Waals surface area contributed by atoms with E-state index in [0.29, 0.717) is 22.9 Å². The van der Waals surface area contributed by atoms with Crippen molar-refractivity contribution in [3.63, 3.8) is 0 Å². The predicted molar refractivity (Wildman–Crippen MR) is 106 cm³/mol. The normalized spacial score (nSPS) is 19.2. The number of ether oxygens (including phenoxy) is 2. The van der Waals surface area contributed by atoms with Crippen LogP contribution >= 0.6 is 11.3 Å². The lowest BCUT2D eigenvalue weighted by atomic mass is 9.82. The number of carbonyl (C=O) groups excluding carboxylic acids is 2. The van der Waals surface area contributed by atoms with E-state index in [1.807, 2.05) is 0 Å². The molecule has 1 N–H and O–H groups in total. The summed E-state index contributed by atoms with van der Waals surface area (Å²) in [7, 11) is 1.40. The van der Waals surface area contributed by atoms with Gasteiger partial charge >= 0.3 is 12.3 Å². The van der Waals surface area contributed by atoms with Crippen LogP contribution in [0, 0.1) is 11.8 Å². The molecule has 0 bridgehead atoms. The molecule has 162 valence electrons. The first-order chi connectivity index (χ1) is 14.2. The molecule has 1 fully saturated rings. The van der Waals surface area contributed by atoms with Crippen LogP contribution in [0.4, 0.5) is 13.2 Å². The number of halogens is 3. The van der Waals surface area contributed by atoms with Gasteiger partial charge in [0.25, 0.3) is 5.91 Å². The van der Waals surface area contributed by atoms with Crippen molar-refractivity contribution in [1.82, 2.24) is 5.32 Å². The molecular weight excluding hydrogens is 419 g/mol. The third kappa shape index (κ3) is 5.98. The van der Waals surface area contributed by atoms with Crippen molar-refractivity contribution in [2.24, 2.45) is 11.8 Å². The molecule has 30 heavy (non-hydrogen) atoms. The van der Waals surface area contributed by atoms with Gasteiger partial charge in [0.1, 0.15) is 5.75 Å². The van der Waals surface area contributed by atoms with Crippen molar-refractivity contribution < 1.29 is 32.2 Å². The Bertz CT molecular complexity index is 871. The maximum absolute atomic E-state index is 12.4. The molecule has 0 spiro atoms. The van der Waals surface area contributed by atoms with Gasteiger partial charge in [0, 0.05) is 6.54 Å². The van der Waals surface area contributed by atoms with Gasteiger partial charge in [-0.05, 0) is 66.3 Å². The third-order valence-electron chi connectivity index (χ3n) is 5.18. The fourth-order valence-electron chi connectivity index (χ4n) is 3.55. The molecular formula is C21H22F3NO4S. The molecule has 1 aliphatic rings.